The molecule has 0 atom stereocenters. The lowest BCUT2D eigenvalue weighted by molar-refractivity contribution is 0.474. The van der Waals surface area contributed by atoms with Crippen LogP contribution in [0.1, 0.15) is 5.56 Å². The second-order valence-electron chi connectivity index (χ2n) is 3.50. The van der Waals surface area contributed by atoms with Gasteiger partial charge in [0.15, 0.2) is 0 Å². The van der Waals surface area contributed by atoms with Crippen LogP contribution in [0.15, 0.2) is 47.2 Å². The van der Waals surface area contributed by atoms with Gasteiger partial charge in [-0.25, -0.2) is 10.5 Å². The molecule has 1 heterocycles. The molecular formula is C12H13N5OS. The molecule has 2 aromatic rings. The van der Waals surface area contributed by atoms with Crippen LogP contribution < -0.4 is 5.43 Å². The van der Waals surface area contributed by atoms with Gasteiger partial charge in [-0.05, 0) is 12.1 Å². The van der Waals surface area contributed by atoms with Gasteiger partial charge in [0.2, 0.25) is 11.1 Å². The predicted molar refractivity (Wildman–Crippen MR) is 76.6 cm³/mol. The zero-order chi connectivity index (χ0) is 13.5. The summed E-state index contributed by atoms with van der Waals surface area (Å²) in [5, 5.41) is 20.8. The number of aromatic amines is 1. The van der Waals surface area contributed by atoms with Crippen molar-refractivity contribution in [2.45, 2.75) is 5.16 Å². The summed E-state index contributed by atoms with van der Waals surface area (Å²) in [5.74, 6) is 1.37. The van der Waals surface area contributed by atoms with E-state index in [9.17, 15) is 5.11 Å². The molecule has 0 bridgehead atoms. The molecule has 0 saturated carbocycles. The first-order chi connectivity index (χ1) is 9.29. The van der Waals surface area contributed by atoms with E-state index in [1.807, 2.05) is 6.07 Å². The number of anilines is 1. The van der Waals surface area contributed by atoms with Crippen molar-refractivity contribution in [3.63, 3.8) is 0 Å². The number of hydrazone groups is 1. The van der Waals surface area contributed by atoms with Crippen molar-refractivity contribution in [2.24, 2.45) is 5.10 Å². The van der Waals surface area contributed by atoms with Crippen LogP contribution in [0.2, 0.25) is 0 Å². The fourth-order valence-electron chi connectivity index (χ4n) is 1.25. The molecule has 0 fully saturated rings. The minimum absolute atomic E-state index is 0.174. The van der Waals surface area contributed by atoms with E-state index in [1.165, 1.54) is 18.0 Å². The zero-order valence-corrected chi connectivity index (χ0v) is 10.9. The van der Waals surface area contributed by atoms with E-state index >= 15 is 0 Å². The molecule has 3 N–H and O–H groups in total. The Balaban J connectivity index is 1.93. The highest BCUT2D eigenvalue weighted by Crippen LogP contribution is 2.14. The Bertz CT molecular complexity index is 581. The Morgan fingerprint density at radius 3 is 3.11 bits per heavy atom. The van der Waals surface area contributed by atoms with E-state index in [0.29, 0.717) is 16.7 Å². The van der Waals surface area contributed by atoms with Crippen LogP contribution in [0.5, 0.6) is 5.75 Å². The molecule has 1 aromatic carbocycles. The molecule has 1 aromatic heterocycles. The van der Waals surface area contributed by atoms with E-state index in [1.54, 1.807) is 24.3 Å². The number of hydrogen-bond acceptors (Lipinski definition) is 6. The van der Waals surface area contributed by atoms with Gasteiger partial charge in [0.1, 0.15) is 5.75 Å². The molecule has 0 unspecified atom stereocenters. The molecule has 0 amide bonds. The van der Waals surface area contributed by atoms with Crippen LogP contribution in [0.3, 0.4) is 0 Å². The molecule has 0 spiro atoms. The van der Waals surface area contributed by atoms with Crippen molar-refractivity contribution >= 4 is 23.9 Å². The Morgan fingerprint density at radius 1 is 1.47 bits per heavy atom. The number of nitrogens with one attached hydrogen (secondary N) is 2. The normalized spacial score (nSPS) is 10.7. The number of H-pyrrole nitrogens is 1. The average Bonchev–Trinajstić information content (AvgIpc) is 2.86. The van der Waals surface area contributed by atoms with Crippen molar-refractivity contribution in [3.8, 4) is 5.75 Å². The first kappa shape index (κ1) is 13.2. The molecular weight excluding hydrogens is 262 g/mol. The summed E-state index contributed by atoms with van der Waals surface area (Å²) in [6.07, 6.45) is 3.29. The molecule has 98 valence electrons. The number of rotatable bonds is 6. The van der Waals surface area contributed by atoms with Gasteiger partial charge in [-0.2, -0.15) is 10.1 Å². The molecule has 2 rings (SSSR count). The topological polar surface area (TPSA) is 86.2 Å². The third kappa shape index (κ3) is 3.85. The molecule has 0 aliphatic carbocycles. The molecule has 7 heteroatoms. The van der Waals surface area contributed by atoms with Gasteiger partial charge in [-0.3, -0.25) is 0 Å². The van der Waals surface area contributed by atoms with Crippen LogP contribution in [0, 0.1) is 0 Å². The fraction of sp³-hybridized carbons (Fsp3) is 0.0833. The maximum atomic E-state index is 9.54. The van der Waals surface area contributed by atoms with Crippen molar-refractivity contribution < 1.29 is 5.11 Å². The van der Waals surface area contributed by atoms with Crippen LogP contribution >= 0.6 is 11.8 Å². The SMILES string of the molecule is C=CCSc1n[nH]c(NN=Cc2ccccc2O)n1. The highest BCUT2D eigenvalue weighted by atomic mass is 32.2. The minimum atomic E-state index is 0.174. The Morgan fingerprint density at radius 2 is 2.32 bits per heavy atom. The van der Waals surface area contributed by atoms with Crippen molar-refractivity contribution in [1.29, 1.82) is 0 Å². The Labute approximate surface area is 114 Å². The van der Waals surface area contributed by atoms with Gasteiger partial charge >= 0.3 is 0 Å². The summed E-state index contributed by atoms with van der Waals surface area (Å²) in [6.45, 7) is 3.62. The smallest absolute Gasteiger partial charge is 0.240 e. The summed E-state index contributed by atoms with van der Waals surface area (Å²) in [4.78, 5) is 4.16. The molecule has 19 heavy (non-hydrogen) atoms. The maximum Gasteiger partial charge on any atom is 0.240 e. The number of phenolic OH excluding ortho intramolecular Hbond substituents is 1. The van der Waals surface area contributed by atoms with Gasteiger partial charge in [0.05, 0.1) is 6.21 Å². The van der Waals surface area contributed by atoms with Crippen molar-refractivity contribution in [2.75, 3.05) is 11.2 Å². The lowest BCUT2D eigenvalue weighted by Crippen LogP contribution is -1.92. The number of thioether (sulfide) groups is 1. The molecule has 0 saturated heterocycles. The van der Waals surface area contributed by atoms with Gasteiger partial charge in [0.25, 0.3) is 0 Å². The van der Waals surface area contributed by atoms with Gasteiger partial charge < -0.3 is 5.11 Å². The third-order valence-electron chi connectivity index (χ3n) is 2.11. The fourth-order valence-corrected chi connectivity index (χ4v) is 1.79. The molecule has 0 aliphatic rings. The van der Waals surface area contributed by atoms with Gasteiger partial charge in [-0.1, -0.05) is 30.0 Å². The lowest BCUT2D eigenvalue weighted by Gasteiger charge is -1.96. The standard InChI is InChI=1S/C12H13N5OS/c1-2-7-19-12-14-11(16-17-12)15-13-8-9-5-3-4-6-10(9)18/h2-6,8,18H,1,7H2,(H2,14,15,16,17). The van der Waals surface area contributed by atoms with Gasteiger partial charge in [-0.15, -0.1) is 11.7 Å². The summed E-state index contributed by atoms with van der Waals surface area (Å²) < 4.78 is 0. The van der Waals surface area contributed by atoms with E-state index in [0.717, 1.165) is 5.75 Å². The quantitative estimate of drug-likeness (QED) is 0.326. The van der Waals surface area contributed by atoms with Crippen molar-refractivity contribution in [3.05, 3.63) is 42.5 Å². The third-order valence-corrected chi connectivity index (χ3v) is 2.95. The number of para-hydroxylation sites is 1. The number of phenols is 1. The van der Waals surface area contributed by atoms with E-state index in [4.69, 9.17) is 0 Å². The van der Waals surface area contributed by atoms with Crippen molar-refractivity contribution in [1.82, 2.24) is 15.2 Å². The highest BCUT2D eigenvalue weighted by Gasteiger charge is 2.01. The van der Waals surface area contributed by atoms with E-state index in [-0.39, 0.29) is 5.75 Å². The molecule has 6 nitrogen and oxygen atoms in total. The summed E-state index contributed by atoms with van der Waals surface area (Å²) in [6, 6.07) is 6.92. The predicted octanol–water partition coefficient (Wildman–Crippen LogP) is 2.23. The molecule has 0 aliphatic heterocycles. The maximum absolute atomic E-state index is 9.54. The first-order valence-electron chi connectivity index (χ1n) is 5.53. The van der Waals surface area contributed by atoms with Crippen LogP contribution in [0.25, 0.3) is 0 Å². The minimum Gasteiger partial charge on any atom is -0.507 e. The lowest BCUT2D eigenvalue weighted by atomic mass is 10.2. The van der Waals surface area contributed by atoms with Crippen LogP contribution in [-0.2, 0) is 0 Å². The van der Waals surface area contributed by atoms with E-state index in [2.05, 4.69) is 32.3 Å². The largest absolute Gasteiger partial charge is 0.507 e. The molecule has 0 radical (unpaired) electrons. The first-order valence-corrected chi connectivity index (χ1v) is 6.51. The number of aromatic hydroxyl groups is 1. The van der Waals surface area contributed by atoms with Gasteiger partial charge in [0, 0.05) is 11.3 Å². The number of hydrogen-bond donors (Lipinski definition) is 3. The Hall–Kier alpha value is -2.28. The highest BCUT2D eigenvalue weighted by molar-refractivity contribution is 7.99. The van der Waals surface area contributed by atoms with Crippen LogP contribution in [0.4, 0.5) is 5.95 Å². The number of aromatic nitrogens is 3. The van der Waals surface area contributed by atoms with Crippen LogP contribution in [-0.4, -0.2) is 32.3 Å². The monoisotopic (exact) mass is 275 g/mol. The second kappa shape index (κ2) is 6.60. The number of nitrogens with zero attached hydrogens (tertiary/aromatic N) is 3. The Kier molecular flexibility index (Phi) is 4.57. The second-order valence-corrected chi connectivity index (χ2v) is 4.48. The summed E-state index contributed by atoms with van der Waals surface area (Å²) >= 11 is 1.47. The summed E-state index contributed by atoms with van der Waals surface area (Å²) in [7, 11) is 0. The zero-order valence-electron chi connectivity index (χ0n) is 10.1. The summed E-state index contributed by atoms with van der Waals surface area (Å²) in [5.41, 5.74) is 3.33. The van der Waals surface area contributed by atoms with E-state index < -0.39 is 0 Å². The average molecular weight is 275 g/mol. The number of benzene rings is 1.